The van der Waals surface area contributed by atoms with Crippen molar-refractivity contribution in [2.24, 2.45) is 0 Å². The SMILES string of the molecule is O=C1CCCN1c1ccc(CN2CC[C@@]3(CCCO3)[C@@H](O)C2)cc1. The highest BCUT2D eigenvalue weighted by Gasteiger charge is 2.45. The van der Waals surface area contributed by atoms with Gasteiger partial charge in [0.1, 0.15) is 0 Å². The maximum atomic E-state index is 11.8. The highest BCUT2D eigenvalue weighted by atomic mass is 16.5. The average molecular weight is 330 g/mol. The minimum absolute atomic E-state index is 0.226. The van der Waals surface area contributed by atoms with Crippen LogP contribution in [0.25, 0.3) is 0 Å². The van der Waals surface area contributed by atoms with Gasteiger partial charge in [-0.05, 0) is 43.4 Å². The predicted molar refractivity (Wildman–Crippen MR) is 91.8 cm³/mol. The van der Waals surface area contributed by atoms with E-state index in [0.29, 0.717) is 13.0 Å². The second kappa shape index (κ2) is 6.47. The first-order chi connectivity index (χ1) is 11.7. The van der Waals surface area contributed by atoms with E-state index in [2.05, 4.69) is 17.0 Å². The number of carbonyl (C=O) groups excluding carboxylic acids is 1. The van der Waals surface area contributed by atoms with E-state index in [9.17, 15) is 9.90 Å². The van der Waals surface area contributed by atoms with Crippen LogP contribution in [0.1, 0.15) is 37.7 Å². The van der Waals surface area contributed by atoms with Crippen LogP contribution in [0.15, 0.2) is 24.3 Å². The summed E-state index contributed by atoms with van der Waals surface area (Å²) in [6.07, 6.45) is 4.19. The Kier molecular flexibility index (Phi) is 4.33. The molecule has 3 aliphatic rings. The Morgan fingerprint density at radius 2 is 2.00 bits per heavy atom. The van der Waals surface area contributed by atoms with Crippen molar-refractivity contribution in [2.75, 3.05) is 31.1 Å². The lowest BCUT2D eigenvalue weighted by atomic mass is 9.86. The summed E-state index contributed by atoms with van der Waals surface area (Å²) in [5, 5.41) is 10.5. The number of carbonyl (C=O) groups is 1. The van der Waals surface area contributed by atoms with Crippen LogP contribution in [0.2, 0.25) is 0 Å². The van der Waals surface area contributed by atoms with Crippen LogP contribution in [0.4, 0.5) is 5.69 Å². The number of benzene rings is 1. The van der Waals surface area contributed by atoms with E-state index < -0.39 is 6.10 Å². The number of hydrogen-bond acceptors (Lipinski definition) is 4. The third-order valence-electron chi connectivity index (χ3n) is 5.75. The second-order valence-electron chi connectivity index (χ2n) is 7.33. The molecule has 0 aliphatic carbocycles. The van der Waals surface area contributed by atoms with Gasteiger partial charge in [0.2, 0.25) is 5.91 Å². The minimum atomic E-state index is -0.393. The number of anilines is 1. The summed E-state index contributed by atoms with van der Waals surface area (Å²) in [5.74, 6) is 0.226. The fourth-order valence-electron chi connectivity index (χ4n) is 4.30. The van der Waals surface area contributed by atoms with Gasteiger partial charge in [0.15, 0.2) is 0 Å². The molecule has 1 aromatic carbocycles. The number of rotatable bonds is 3. The van der Waals surface area contributed by atoms with Gasteiger partial charge in [0, 0.05) is 44.9 Å². The summed E-state index contributed by atoms with van der Waals surface area (Å²) in [6.45, 7) is 4.09. The fourth-order valence-corrected chi connectivity index (χ4v) is 4.30. The van der Waals surface area contributed by atoms with Gasteiger partial charge in [-0.15, -0.1) is 0 Å². The molecule has 5 nitrogen and oxygen atoms in total. The number of likely N-dealkylation sites (tertiary alicyclic amines) is 1. The Labute approximate surface area is 143 Å². The summed E-state index contributed by atoms with van der Waals surface area (Å²) in [6, 6.07) is 8.29. The molecule has 1 spiro atoms. The maximum Gasteiger partial charge on any atom is 0.227 e. The fraction of sp³-hybridized carbons (Fsp3) is 0.632. The molecule has 0 bridgehead atoms. The first kappa shape index (κ1) is 16.1. The zero-order valence-electron chi connectivity index (χ0n) is 14.1. The summed E-state index contributed by atoms with van der Waals surface area (Å²) in [4.78, 5) is 16.0. The lowest BCUT2D eigenvalue weighted by Crippen LogP contribution is -2.54. The molecule has 0 aromatic heterocycles. The van der Waals surface area contributed by atoms with Crippen molar-refractivity contribution in [1.82, 2.24) is 4.90 Å². The smallest absolute Gasteiger partial charge is 0.227 e. The monoisotopic (exact) mass is 330 g/mol. The molecular weight excluding hydrogens is 304 g/mol. The first-order valence-corrected chi connectivity index (χ1v) is 9.10. The molecule has 3 fully saturated rings. The first-order valence-electron chi connectivity index (χ1n) is 9.10. The van der Waals surface area contributed by atoms with Crippen LogP contribution in [-0.4, -0.2) is 53.9 Å². The van der Waals surface area contributed by atoms with E-state index in [1.54, 1.807) is 0 Å². The molecule has 3 saturated heterocycles. The number of β-amino-alcohol motifs (C(OH)–C–C–N with tert-alkyl or cyclic N) is 1. The van der Waals surface area contributed by atoms with Gasteiger partial charge in [0.05, 0.1) is 11.7 Å². The summed E-state index contributed by atoms with van der Waals surface area (Å²) in [7, 11) is 0. The molecule has 0 saturated carbocycles. The van der Waals surface area contributed by atoms with Crippen molar-refractivity contribution in [3.05, 3.63) is 29.8 Å². The van der Waals surface area contributed by atoms with Gasteiger partial charge in [-0.2, -0.15) is 0 Å². The molecule has 1 amide bonds. The molecule has 2 atom stereocenters. The summed E-state index contributed by atoms with van der Waals surface area (Å²) in [5.41, 5.74) is 1.94. The van der Waals surface area contributed by atoms with Crippen LogP contribution >= 0.6 is 0 Å². The summed E-state index contributed by atoms with van der Waals surface area (Å²) >= 11 is 0. The highest BCUT2D eigenvalue weighted by molar-refractivity contribution is 5.95. The molecule has 1 aromatic rings. The van der Waals surface area contributed by atoms with Gasteiger partial charge in [-0.3, -0.25) is 9.69 Å². The molecule has 24 heavy (non-hydrogen) atoms. The van der Waals surface area contributed by atoms with Crippen molar-refractivity contribution in [2.45, 2.75) is 50.4 Å². The zero-order chi connectivity index (χ0) is 16.6. The number of hydrogen-bond donors (Lipinski definition) is 1. The lowest BCUT2D eigenvalue weighted by molar-refractivity contribution is -0.130. The lowest BCUT2D eigenvalue weighted by Gasteiger charge is -2.42. The second-order valence-corrected chi connectivity index (χ2v) is 7.33. The Bertz CT molecular complexity index is 595. The van der Waals surface area contributed by atoms with Gasteiger partial charge in [-0.1, -0.05) is 12.1 Å². The number of aliphatic hydroxyl groups excluding tert-OH is 1. The van der Waals surface area contributed by atoms with E-state index in [0.717, 1.165) is 57.6 Å². The van der Waals surface area contributed by atoms with Crippen molar-refractivity contribution in [1.29, 1.82) is 0 Å². The number of piperidine rings is 1. The maximum absolute atomic E-state index is 11.8. The predicted octanol–water partition coefficient (Wildman–Crippen LogP) is 1.93. The van der Waals surface area contributed by atoms with Crippen LogP contribution in [0, 0.1) is 0 Å². The average Bonchev–Trinajstić information content (AvgIpc) is 3.22. The van der Waals surface area contributed by atoms with E-state index in [4.69, 9.17) is 4.74 Å². The van der Waals surface area contributed by atoms with E-state index >= 15 is 0 Å². The molecule has 1 N–H and O–H groups in total. The van der Waals surface area contributed by atoms with Crippen LogP contribution in [-0.2, 0) is 16.1 Å². The third-order valence-corrected chi connectivity index (χ3v) is 5.75. The standard InChI is InChI=1S/C19H26N2O3/c22-17-14-20(11-9-19(17)8-2-12-24-19)13-15-4-6-16(7-5-15)21-10-1-3-18(21)23/h4-7,17,22H,1-3,8-14H2/t17-,19-/m0/s1. The normalized spacial score (nSPS) is 31.3. The van der Waals surface area contributed by atoms with E-state index in [1.165, 1.54) is 5.56 Å². The molecule has 130 valence electrons. The largest absolute Gasteiger partial charge is 0.389 e. The molecule has 3 aliphatic heterocycles. The quantitative estimate of drug-likeness (QED) is 0.920. The van der Waals surface area contributed by atoms with Gasteiger partial charge < -0.3 is 14.7 Å². The Morgan fingerprint density at radius 3 is 2.62 bits per heavy atom. The summed E-state index contributed by atoms with van der Waals surface area (Å²) < 4.78 is 5.86. The van der Waals surface area contributed by atoms with Crippen LogP contribution in [0.3, 0.4) is 0 Å². The van der Waals surface area contributed by atoms with Gasteiger partial charge >= 0.3 is 0 Å². The number of nitrogens with zero attached hydrogens (tertiary/aromatic N) is 2. The third kappa shape index (κ3) is 2.96. The van der Waals surface area contributed by atoms with Crippen molar-refractivity contribution in [3.8, 4) is 0 Å². The minimum Gasteiger partial charge on any atom is -0.389 e. The molecule has 0 unspecified atom stereocenters. The number of ether oxygens (including phenoxy) is 1. The van der Waals surface area contributed by atoms with E-state index in [-0.39, 0.29) is 11.5 Å². The van der Waals surface area contributed by atoms with Crippen molar-refractivity contribution in [3.63, 3.8) is 0 Å². The molecule has 3 heterocycles. The molecule has 4 rings (SSSR count). The topological polar surface area (TPSA) is 53.0 Å². The van der Waals surface area contributed by atoms with Crippen molar-refractivity contribution >= 4 is 11.6 Å². The Hall–Kier alpha value is -1.43. The van der Waals surface area contributed by atoms with Crippen molar-refractivity contribution < 1.29 is 14.6 Å². The molecular formula is C19H26N2O3. The van der Waals surface area contributed by atoms with Gasteiger partial charge in [0.25, 0.3) is 0 Å². The van der Waals surface area contributed by atoms with Crippen LogP contribution < -0.4 is 4.90 Å². The van der Waals surface area contributed by atoms with E-state index in [1.807, 2.05) is 17.0 Å². The molecule has 5 heteroatoms. The zero-order valence-corrected chi connectivity index (χ0v) is 14.1. The number of aliphatic hydroxyl groups is 1. The Morgan fingerprint density at radius 1 is 1.17 bits per heavy atom. The number of amides is 1. The van der Waals surface area contributed by atoms with Crippen LogP contribution in [0.5, 0.6) is 0 Å². The van der Waals surface area contributed by atoms with Gasteiger partial charge in [-0.25, -0.2) is 0 Å². The molecule has 0 radical (unpaired) electrons. The Balaban J connectivity index is 1.37. The highest BCUT2D eigenvalue weighted by Crippen LogP contribution is 2.36.